The zero-order valence-electron chi connectivity index (χ0n) is 10.5. The number of carbonyl (C=O) groups excluding carboxylic acids is 2. The average Bonchev–Trinajstić information content (AvgIpc) is 3.08. The molecule has 0 aromatic rings. The molecule has 1 saturated carbocycles. The van der Waals surface area contributed by atoms with Crippen LogP contribution in [0.1, 0.15) is 19.3 Å². The molecule has 2 amide bonds. The smallest absolute Gasteiger partial charge is 0.243 e. The topological polar surface area (TPSA) is 58.2 Å². The summed E-state index contributed by atoms with van der Waals surface area (Å²) in [4.78, 5) is 22.8. The van der Waals surface area contributed by atoms with Crippen molar-refractivity contribution in [1.29, 1.82) is 0 Å². The zero-order valence-corrected chi connectivity index (χ0v) is 11.4. The lowest BCUT2D eigenvalue weighted by atomic mass is 9.96. The molecular formula is C13H20N2O2S. The molecule has 18 heavy (non-hydrogen) atoms. The van der Waals surface area contributed by atoms with Gasteiger partial charge in [-0.2, -0.15) is 11.8 Å². The molecule has 1 saturated heterocycles. The predicted molar refractivity (Wildman–Crippen MR) is 73.3 cm³/mol. The molecule has 1 atom stereocenters. The maximum Gasteiger partial charge on any atom is 0.243 e. The summed E-state index contributed by atoms with van der Waals surface area (Å²) in [7, 11) is 0. The number of carbonyl (C=O) groups is 2. The van der Waals surface area contributed by atoms with Crippen LogP contribution < -0.4 is 10.6 Å². The van der Waals surface area contributed by atoms with Crippen LogP contribution in [0.3, 0.4) is 0 Å². The van der Waals surface area contributed by atoms with Gasteiger partial charge in [0.15, 0.2) is 0 Å². The van der Waals surface area contributed by atoms with Gasteiger partial charge in [0, 0.05) is 19.0 Å². The molecule has 1 aliphatic heterocycles. The predicted octanol–water partition coefficient (Wildman–Crippen LogP) is 0.938. The Morgan fingerprint density at radius 3 is 2.61 bits per heavy atom. The first-order valence-electron chi connectivity index (χ1n) is 6.44. The van der Waals surface area contributed by atoms with Crippen LogP contribution in [0, 0.1) is 11.3 Å². The number of hydrogen-bond donors (Lipinski definition) is 2. The summed E-state index contributed by atoms with van der Waals surface area (Å²) < 4.78 is 0. The Hall–Kier alpha value is -0.970. The Bertz CT molecular complexity index is 351. The van der Waals surface area contributed by atoms with Gasteiger partial charge in [-0.05, 0) is 42.3 Å². The summed E-state index contributed by atoms with van der Waals surface area (Å²) in [5, 5.41) is 5.54. The van der Waals surface area contributed by atoms with E-state index in [4.69, 9.17) is 0 Å². The zero-order chi connectivity index (χ0) is 13.0. The fraction of sp³-hybridized carbons (Fsp3) is 0.692. The van der Waals surface area contributed by atoms with E-state index in [-0.39, 0.29) is 17.7 Å². The second-order valence-corrected chi connectivity index (χ2v) is 6.24. The van der Waals surface area contributed by atoms with E-state index in [0.29, 0.717) is 18.5 Å². The minimum atomic E-state index is -0.198. The molecule has 2 aliphatic rings. The highest BCUT2D eigenvalue weighted by Gasteiger charge is 2.57. The number of hydrogen-bond acceptors (Lipinski definition) is 3. The van der Waals surface area contributed by atoms with Crippen molar-refractivity contribution in [1.82, 2.24) is 10.6 Å². The number of thioether (sulfide) groups is 1. The molecule has 0 radical (unpaired) electrons. The van der Waals surface area contributed by atoms with Gasteiger partial charge in [-0.3, -0.25) is 9.59 Å². The molecule has 5 heteroatoms. The van der Waals surface area contributed by atoms with Crippen LogP contribution in [0.25, 0.3) is 0 Å². The lowest BCUT2D eigenvalue weighted by Gasteiger charge is -2.21. The average molecular weight is 268 g/mol. The Morgan fingerprint density at radius 1 is 1.28 bits per heavy atom. The third kappa shape index (κ3) is 3.07. The standard InChI is InChI=1S/C13H20N2O2S/c1-2-11(16)14-5-6-15-12(17)10-9-13(10)3-7-18-8-4-13/h2,10H,1,3-9H2,(H,14,16)(H,15,17). The van der Waals surface area contributed by atoms with Crippen LogP contribution >= 0.6 is 11.8 Å². The van der Waals surface area contributed by atoms with Crippen LogP contribution in [0.15, 0.2) is 12.7 Å². The van der Waals surface area contributed by atoms with Gasteiger partial charge < -0.3 is 10.6 Å². The van der Waals surface area contributed by atoms with Crippen molar-refractivity contribution in [2.45, 2.75) is 19.3 Å². The molecule has 1 aliphatic carbocycles. The van der Waals surface area contributed by atoms with E-state index in [0.717, 1.165) is 6.42 Å². The molecule has 0 bridgehead atoms. The van der Waals surface area contributed by atoms with Gasteiger partial charge >= 0.3 is 0 Å². The summed E-state index contributed by atoms with van der Waals surface area (Å²) in [6.45, 7) is 4.33. The largest absolute Gasteiger partial charge is 0.354 e. The Balaban J connectivity index is 1.64. The van der Waals surface area contributed by atoms with Gasteiger partial charge in [-0.1, -0.05) is 6.58 Å². The van der Waals surface area contributed by atoms with Gasteiger partial charge in [0.2, 0.25) is 11.8 Å². The molecule has 100 valence electrons. The summed E-state index contributed by atoms with van der Waals surface area (Å²) in [5.41, 5.74) is 0.319. The third-order valence-corrected chi connectivity index (χ3v) is 4.89. The summed E-state index contributed by atoms with van der Waals surface area (Å²) in [6.07, 6.45) is 4.65. The normalized spacial score (nSPS) is 24.3. The molecule has 1 spiro atoms. The van der Waals surface area contributed by atoms with Crippen molar-refractivity contribution in [3.05, 3.63) is 12.7 Å². The van der Waals surface area contributed by atoms with Gasteiger partial charge in [-0.15, -0.1) is 0 Å². The van der Waals surface area contributed by atoms with Gasteiger partial charge in [0.1, 0.15) is 0 Å². The van der Waals surface area contributed by atoms with E-state index in [2.05, 4.69) is 17.2 Å². The Morgan fingerprint density at radius 2 is 1.94 bits per heavy atom. The van der Waals surface area contributed by atoms with Crippen LogP contribution in [0.2, 0.25) is 0 Å². The van der Waals surface area contributed by atoms with Crippen LogP contribution in [0.5, 0.6) is 0 Å². The molecule has 2 N–H and O–H groups in total. The second-order valence-electron chi connectivity index (χ2n) is 5.02. The Kier molecular flexibility index (Phi) is 4.32. The minimum Gasteiger partial charge on any atom is -0.354 e. The van der Waals surface area contributed by atoms with Crippen LogP contribution in [-0.4, -0.2) is 36.4 Å². The highest BCUT2D eigenvalue weighted by atomic mass is 32.2. The van der Waals surface area contributed by atoms with E-state index in [1.807, 2.05) is 11.8 Å². The molecule has 2 fully saturated rings. The van der Waals surface area contributed by atoms with Crippen molar-refractivity contribution < 1.29 is 9.59 Å². The van der Waals surface area contributed by atoms with Crippen LogP contribution in [0.4, 0.5) is 0 Å². The third-order valence-electron chi connectivity index (χ3n) is 3.90. The summed E-state index contributed by atoms with van der Waals surface area (Å²) >= 11 is 1.99. The minimum absolute atomic E-state index is 0.162. The van der Waals surface area contributed by atoms with Gasteiger partial charge in [0.25, 0.3) is 0 Å². The fourth-order valence-corrected chi connectivity index (χ4v) is 3.92. The van der Waals surface area contributed by atoms with Crippen molar-refractivity contribution in [3.8, 4) is 0 Å². The van der Waals surface area contributed by atoms with Crippen molar-refractivity contribution in [2.75, 3.05) is 24.6 Å². The van der Waals surface area contributed by atoms with Crippen LogP contribution in [-0.2, 0) is 9.59 Å². The molecule has 1 unspecified atom stereocenters. The van der Waals surface area contributed by atoms with Crippen molar-refractivity contribution in [3.63, 3.8) is 0 Å². The summed E-state index contributed by atoms with van der Waals surface area (Å²) in [6, 6.07) is 0. The number of rotatable bonds is 5. The van der Waals surface area contributed by atoms with E-state index in [1.165, 1.54) is 30.4 Å². The fourth-order valence-electron chi connectivity index (χ4n) is 2.62. The quantitative estimate of drug-likeness (QED) is 0.576. The Labute approximate surface area is 112 Å². The monoisotopic (exact) mass is 268 g/mol. The van der Waals surface area contributed by atoms with Gasteiger partial charge in [0.05, 0.1) is 0 Å². The highest BCUT2D eigenvalue weighted by Crippen LogP contribution is 2.60. The van der Waals surface area contributed by atoms with E-state index < -0.39 is 0 Å². The highest BCUT2D eigenvalue weighted by molar-refractivity contribution is 7.99. The maximum atomic E-state index is 11.9. The molecule has 4 nitrogen and oxygen atoms in total. The molecule has 2 rings (SSSR count). The molecular weight excluding hydrogens is 248 g/mol. The summed E-state index contributed by atoms with van der Waals surface area (Å²) in [5.74, 6) is 2.57. The number of nitrogens with one attached hydrogen (secondary N) is 2. The first kappa shape index (κ1) is 13.5. The second kappa shape index (κ2) is 5.78. The van der Waals surface area contributed by atoms with Crippen molar-refractivity contribution >= 4 is 23.6 Å². The first-order chi connectivity index (χ1) is 8.68. The first-order valence-corrected chi connectivity index (χ1v) is 7.59. The molecule has 0 aromatic heterocycles. The maximum absolute atomic E-state index is 11.9. The van der Waals surface area contributed by atoms with Crippen molar-refractivity contribution in [2.24, 2.45) is 11.3 Å². The van der Waals surface area contributed by atoms with E-state index >= 15 is 0 Å². The molecule has 1 heterocycles. The lowest BCUT2D eigenvalue weighted by Crippen LogP contribution is -2.35. The number of amides is 2. The SMILES string of the molecule is C=CC(=O)NCCNC(=O)C1CC12CCSCC2. The molecule has 0 aromatic carbocycles. The van der Waals surface area contributed by atoms with Gasteiger partial charge in [-0.25, -0.2) is 0 Å². The van der Waals surface area contributed by atoms with E-state index in [9.17, 15) is 9.59 Å². The lowest BCUT2D eigenvalue weighted by molar-refractivity contribution is -0.123. The van der Waals surface area contributed by atoms with E-state index in [1.54, 1.807) is 0 Å².